The molecule has 0 N–H and O–H groups in total. The summed E-state index contributed by atoms with van der Waals surface area (Å²) in [5, 5.41) is 0. The number of aromatic nitrogens is 1. The van der Waals surface area contributed by atoms with Crippen LogP contribution in [0.2, 0.25) is 0 Å². The third kappa shape index (κ3) is 4.90. The molecule has 3 aliphatic heterocycles. The summed E-state index contributed by atoms with van der Waals surface area (Å²) in [4.78, 5) is 24.5. The van der Waals surface area contributed by atoms with E-state index in [9.17, 15) is 4.79 Å². The van der Waals surface area contributed by atoms with Gasteiger partial charge in [0.25, 0.3) is 0 Å². The molecule has 4 fully saturated rings. The number of carbonyl (C=O) groups excluding carboxylic acids is 1. The van der Waals surface area contributed by atoms with E-state index in [1.165, 1.54) is 25.7 Å². The van der Waals surface area contributed by atoms with Gasteiger partial charge in [-0.15, -0.1) is 0 Å². The summed E-state index contributed by atoms with van der Waals surface area (Å²) in [6, 6.07) is 6.78. The standard InChI is InChI=1S/C25H38N4O2/c30-24(19-21-5-1-2-6-21)29-12-9-25(10-13-29)20-22(8-18-31-25)27-14-16-28(17-15-27)23-7-3-4-11-26-23/h3-4,7,11,21-22H,1-2,5-6,8-10,12-20H2. The van der Waals surface area contributed by atoms with Gasteiger partial charge in [-0.05, 0) is 56.6 Å². The van der Waals surface area contributed by atoms with E-state index >= 15 is 0 Å². The molecule has 1 saturated carbocycles. The second-order valence-electron chi connectivity index (χ2n) is 10.1. The van der Waals surface area contributed by atoms with Crippen molar-refractivity contribution in [2.45, 2.75) is 69.4 Å². The van der Waals surface area contributed by atoms with E-state index < -0.39 is 0 Å². The second-order valence-corrected chi connectivity index (χ2v) is 10.1. The fourth-order valence-corrected chi connectivity index (χ4v) is 6.27. The molecule has 1 atom stereocenters. The van der Waals surface area contributed by atoms with Crippen molar-refractivity contribution in [3.63, 3.8) is 0 Å². The van der Waals surface area contributed by atoms with E-state index in [0.717, 1.165) is 83.8 Å². The molecule has 1 amide bonds. The molecule has 1 aromatic rings. The second kappa shape index (κ2) is 9.45. The van der Waals surface area contributed by atoms with Gasteiger partial charge in [0.05, 0.1) is 5.60 Å². The number of pyridine rings is 1. The molecule has 0 bridgehead atoms. The first-order chi connectivity index (χ1) is 15.2. The van der Waals surface area contributed by atoms with Crippen molar-refractivity contribution >= 4 is 11.7 Å². The fourth-order valence-electron chi connectivity index (χ4n) is 6.27. The third-order valence-electron chi connectivity index (χ3n) is 8.24. The zero-order valence-electron chi connectivity index (χ0n) is 18.9. The van der Waals surface area contributed by atoms with Gasteiger partial charge < -0.3 is 14.5 Å². The molecule has 4 heterocycles. The molecule has 1 unspecified atom stereocenters. The largest absolute Gasteiger partial charge is 0.375 e. The normalized spacial score (nSPS) is 27.7. The first kappa shape index (κ1) is 21.2. The minimum Gasteiger partial charge on any atom is -0.375 e. The number of amides is 1. The highest BCUT2D eigenvalue weighted by atomic mass is 16.5. The van der Waals surface area contributed by atoms with Crippen molar-refractivity contribution in [2.24, 2.45) is 5.92 Å². The summed E-state index contributed by atoms with van der Waals surface area (Å²) in [6.45, 7) is 6.92. The van der Waals surface area contributed by atoms with Gasteiger partial charge in [-0.2, -0.15) is 0 Å². The van der Waals surface area contributed by atoms with Gasteiger partial charge in [-0.25, -0.2) is 4.98 Å². The zero-order valence-corrected chi connectivity index (χ0v) is 18.9. The predicted molar refractivity (Wildman–Crippen MR) is 122 cm³/mol. The average molecular weight is 427 g/mol. The number of anilines is 1. The van der Waals surface area contributed by atoms with E-state index in [0.29, 0.717) is 17.9 Å². The number of piperidine rings is 1. The fraction of sp³-hybridized carbons (Fsp3) is 0.760. The van der Waals surface area contributed by atoms with Crippen LogP contribution in [-0.4, -0.2) is 78.2 Å². The molecular weight excluding hydrogens is 388 g/mol. The summed E-state index contributed by atoms with van der Waals surface area (Å²) in [6.07, 6.45) is 12.1. The predicted octanol–water partition coefficient (Wildman–Crippen LogP) is 3.32. The summed E-state index contributed by atoms with van der Waals surface area (Å²) < 4.78 is 6.39. The van der Waals surface area contributed by atoms with E-state index in [1.54, 1.807) is 0 Å². The summed E-state index contributed by atoms with van der Waals surface area (Å²) in [7, 11) is 0. The lowest BCUT2D eigenvalue weighted by Gasteiger charge is -2.49. The zero-order chi connectivity index (χ0) is 21.1. The lowest BCUT2D eigenvalue weighted by Crippen LogP contribution is -2.57. The Kier molecular flexibility index (Phi) is 6.46. The Labute approximate surface area is 186 Å². The Bertz CT molecular complexity index is 720. The molecule has 3 saturated heterocycles. The molecule has 5 rings (SSSR count). The minimum atomic E-state index is -0.00875. The van der Waals surface area contributed by atoms with E-state index in [4.69, 9.17) is 4.74 Å². The maximum absolute atomic E-state index is 12.8. The van der Waals surface area contributed by atoms with Crippen molar-refractivity contribution in [1.29, 1.82) is 0 Å². The number of piperazine rings is 1. The molecule has 0 aromatic carbocycles. The number of hydrogen-bond donors (Lipinski definition) is 0. The Morgan fingerprint density at radius 2 is 1.81 bits per heavy atom. The molecule has 170 valence electrons. The van der Waals surface area contributed by atoms with Crippen LogP contribution >= 0.6 is 0 Å². The number of ether oxygens (including phenoxy) is 1. The molecule has 4 aliphatic rings. The monoisotopic (exact) mass is 426 g/mol. The van der Waals surface area contributed by atoms with Crippen molar-refractivity contribution in [1.82, 2.24) is 14.8 Å². The van der Waals surface area contributed by atoms with Gasteiger partial charge in [-0.1, -0.05) is 18.9 Å². The summed E-state index contributed by atoms with van der Waals surface area (Å²) in [5.74, 6) is 2.13. The van der Waals surface area contributed by atoms with Crippen molar-refractivity contribution in [3.05, 3.63) is 24.4 Å². The highest BCUT2D eigenvalue weighted by Crippen LogP contribution is 2.38. The van der Waals surface area contributed by atoms with Crippen molar-refractivity contribution in [3.8, 4) is 0 Å². The molecule has 0 radical (unpaired) electrons. The molecule has 1 aliphatic carbocycles. The molecular formula is C25H38N4O2. The highest BCUT2D eigenvalue weighted by Gasteiger charge is 2.43. The van der Waals surface area contributed by atoms with Gasteiger partial charge in [0.1, 0.15) is 5.82 Å². The van der Waals surface area contributed by atoms with Crippen LogP contribution in [0.3, 0.4) is 0 Å². The van der Waals surface area contributed by atoms with Crippen LogP contribution in [0.5, 0.6) is 0 Å². The third-order valence-corrected chi connectivity index (χ3v) is 8.24. The first-order valence-corrected chi connectivity index (χ1v) is 12.5. The molecule has 1 aromatic heterocycles. The van der Waals surface area contributed by atoms with Crippen LogP contribution in [0.4, 0.5) is 5.82 Å². The number of likely N-dealkylation sites (tertiary alicyclic amines) is 1. The van der Waals surface area contributed by atoms with Crippen LogP contribution in [0, 0.1) is 5.92 Å². The maximum Gasteiger partial charge on any atom is 0.222 e. The Morgan fingerprint density at radius 1 is 1.03 bits per heavy atom. The van der Waals surface area contributed by atoms with Crippen LogP contribution in [0.25, 0.3) is 0 Å². The SMILES string of the molecule is O=C(CC1CCCC1)N1CCC2(CC1)CC(N1CCN(c3ccccn3)CC1)CCO2. The number of nitrogens with zero attached hydrogens (tertiary/aromatic N) is 4. The van der Waals surface area contributed by atoms with Gasteiger partial charge in [-0.3, -0.25) is 9.69 Å². The Hall–Kier alpha value is -1.66. The van der Waals surface area contributed by atoms with Crippen molar-refractivity contribution < 1.29 is 9.53 Å². The lowest BCUT2D eigenvalue weighted by atomic mass is 9.81. The maximum atomic E-state index is 12.8. The van der Waals surface area contributed by atoms with Crippen molar-refractivity contribution in [2.75, 3.05) is 50.8 Å². The topological polar surface area (TPSA) is 48.9 Å². The Balaban J connectivity index is 1.11. The number of carbonyl (C=O) groups is 1. The van der Waals surface area contributed by atoms with E-state index in [2.05, 4.69) is 31.8 Å². The molecule has 6 nitrogen and oxygen atoms in total. The highest BCUT2D eigenvalue weighted by molar-refractivity contribution is 5.76. The van der Waals surface area contributed by atoms with Gasteiger partial charge >= 0.3 is 0 Å². The smallest absolute Gasteiger partial charge is 0.222 e. The Morgan fingerprint density at radius 3 is 2.52 bits per heavy atom. The first-order valence-electron chi connectivity index (χ1n) is 12.5. The average Bonchev–Trinajstić information content (AvgIpc) is 3.33. The summed E-state index contributed by atoms with van der Waals surface area (Å²) in [5.41, 5.74) is -0.00875. The van der Waals surface area contributed by atoms with E-state index in [1.807, 2.05) is 12.3 Å². The quantitative estimate of drug-likeness (QED) is 0.739. The van der Waals surface area contributed by atoms with E-state index in [-0.39, 0.29) is 5.60 Å². The lowest BCUT2D eigenvalue weighted by molar-refractivity contribution is -0.150. The number of hydrogen-bond acceptors (Lipinski definition) is 5. The van der Waals surface area contributed by atoms with Crippen LogP contribution < -0.4 is 4.90 Å². The van der Waals surface area contributed by atoms with Crippen LogP contribution in [-0.2, 0) is 9.53 Å². The van der Waals surface area contributed by atoms with Gasteiger partial charge in [0.15, 0.2) is 0 Å². The number of rotatable bonds is 4. The van der Waals surface area contributed by atoms with Gasteiger partial charge in [0.2, 0.25) is 5.91 Å². The summed E-state index contributed by atoms with van der Waals surface area (Å²) >= 11 is 0. The minimum absolute atomic E-state index is 0.00875. The molecule has 1 spiro atoms. The molecule has 31 heavy (non-hydrogen) atoms. The van der Waals surface area contributed by atoms with Crippen LogP contribution in [0.1, 0.15) is 57.8 Å². The molecule has 6 heteroatoms. The van der Waals surface area contributed by atoms with Gasteiger partial charge in [0, 0.05) is 64.5 Å². The van der Waals surface area contributed by atoms with Crippen LogP contribution in [0.15, 0.2) is 24.4 Å².